The van der Waals surface area contributed by atoms with E-state index in [0.717, 1.165) is 16.4 Å². The van der Waals surface area contributed by atoms with Crippen LogP contribution in [0.3, 0.4) is 0 Å². The molecular weight excluding hydrogens is 475 g/mol. The van der Waals surface area contributed by atoms with Gasteiger partial charge in [0.15, 0.2) is 0 Å². The molecule has 0 saturated carbocycles. The van der Waals surface area contributed by atoms with Crippen molar-refractivity contribution in [1.82, 2.24) is 0 Å². The molecule has 37 heavy (non-hydrogen) atoms. The zero-order valence-electron chi connectivity index (χ0n) is 22.4. The summed E-state index contributed by atoms with van der Waals surface area (Å²) in [6.07, 6.45) is 0.502. The molecule has 4 rings (SSSR count). The highest BCUT2D eigenvalue weighted by molar-refractivity contribution is 6.64. The van der Waals surface area contributed by atoms with Crippen molar-refractivity contribution >= 4 is 29.5 Å². The lowest BCUT2D eigenvalue weighted by molar-refractivity contribution is -0.142. The number of rotatable bonds is 10. The number of benzene rings is 2. The first-order valence-corrected chi connectivity index (χ1v) is 12.5. The minimum atomic E-state index is -0.628. The van der Waals surface area contributed by atoms with Crippen LogP contribution in [0, 0.1) is 0 Å². The molecule has 1 saturated heterocycles. The van der Waals surface area contributed by atoms with E-state index in [2.05, 4.69) is 0 Å². The van der Waals surface area contributed by atoms with Crippen molar-refractivity contribution in [3.63, 3.8) is 0 Å². The van der Waals surface area contributed by atoms with Gasteiger partial charge in [-0.25, -0.2) is 0 Å². The van der Waals surface area contributed by atoms with E-state index >= 15 is 0 Å². The summed E-state index contributed by atoms with van der Waals surface area (Å²) in [6.45, 7) is 10.3. The molecule has 198 valence electrons. The van der Waals surface area contributed by atoms with Gasteiger partial charge in [-0.1, -0.05) is 12.1 Å². The average Bonchev–Trinajstić information content (AvgIpc) is 3.34. The Morgan fingerprint density at radius 1 is 1.05 bits per heavy atom. The number of hydrogen-bond acceptors (Lipinski definition) is 8. The molecule has 1 N–H and O–H groups in total. The highest BCUT2D eigenvalue weighted by Gasteiger charge is 2.52. The number of aliphatic hydroxyl groups is 1. The van der Waals surface area contributed by atoms with Gasteiger partial charge in [0.25, 0.3) is 0 Å². The average molecular weight is 510 g/mol. The Balaban J connectivity index is 1.67. The van der Waals surface area contributed by atoms with Gasteiger partial charge < -0.3 is 33.0 Å². The van der Waals surface area contributed by atoms with Crippen LogP contribution < -0.4 is 14.9 Å². The minimum absolute atomic E-state index is 0.0132. The van der Waals surface area contributed by atoms with Crippen LogP contribution in [0.2, 0.25) is 0 Å². The molecule has 1 aliphatic heterocycles. The summed E-state index contributed by atoms with van der Waals surface area (Å²) >= 11 is 0. The molecule has 1 aliphatic rings. The van der Waals surface area contributed by atoms with Crippen LogP contribution in [0.15, 0.2) is 40.8 Å². The highest BCUT2D eigenvalue weighted by Crippen LogP contribution is 2.37. The molecule has 0 spiro atoms. The van der Waals surface area contributed by atoms with Gasteiger partial charge in [-0.15, -0.1) is 0 Å². The Kier molecular flexibility index (Phi) is 7.87. The van der Waals surface area contributed by atoms with E-state index in [1.807, 2.05) is 45.9 Å². The van der Waals surface area contributed by atoms with E-state index in [1.165, 1.54) is 0 Å². The molecule has 0 bridgehead atoms. The number of ether oxygens (including phenoxy) is 3. The van der Waals surface area contributed by atoms with Crippen molar-refractivity contribution in [3.05, 3.63) is 53.3 Å². The molecule has 0 amide bonds. The molecule has 0 unspecified atom stereocenters. The Hall–Kier alpha value is -3.01. The quantitative estimate of drug-likeness (QED) is 0.324. The number of hydrogen-bond donors (Lipinski definition) is 1. The summed E-state index contributed by atoms with van der Waals surface area (Å²) < 4.78 is 35.4. The van der Waals surface area contributed by atoms with Crippen LogP contribution in [0.4, 0.5) is 0 Å². The first-order chi connectivity index (χ1) is 17.6. The molecule has 1 fully saturated rings. The number of furan rings is 1. The third-order valence-corrected chi connectivity index (χ3v) is 6.93. The third kappa shape index (κ3) is 5.79. The number of methoxy groups -OCH3 is 1. The van der Waals surface area contributed by atoms with Gasteiger partial charge in [0.2, 0.25) is 0 Å². The summed E-state index contributed by atoms with van der Waals surface area (Å²) in [7, 11) is 0.953. The fourth-order valence-electron chi connectivity index (χ4n) is 4.23. The lowest BCUT2D eigenvalue weighted by atomic mass is 9.77. The molecule has 0 atom stereocenters. The standard InChI is InChI=1S/C28H35BO8/c1-7-33-25(31)15-19-8-9-21(32-6)16-24(19)34-17-18-12-20-14-22(10-11-30)35-26(20)23(13-18)29-36-27(2,3)28(4,5)37-29/h8-9,12-14,16,30H,7,10-11,15,17H2,1-6H3. The lowest BCUT2D eigenvalue weighted by Crippen LogP contribution is -2.41. The number of fused-ring (bicyclic) bond motifs is 1. The Bertz CT molecular complexity index is 1250. The van der Waals surface area contributed by atoms with Crippen LogP contribution >= 0.6 is 0 Å². The fourth-order valence-corrected chi connectivity index (χ4v) is 4.23. The van der Waals surface area contributed by atoms with Crippen molar-refractivity contribution in [3.8, 4) is 11.5 Å². The molecule has 0 aliphatic carbocycles. The maximum atomic E-state index is 12.1. The molecule has 0 radical (unpaired) electrons. The van der Waals surface area contributed by atoms with Crippen LogP contribution in [0.1, 0.15) is 51.5 Å². The summed E-state index contributed by atoms with van der Waals surface area (Å²) in [5.41, 5.74) is 1.98. The first-order valence-electron chi connectivity index (χ1n) is 12.5. The second kappa shape index (κ2) is 10.8. The van der Waals surface area contributed by atoms with Crippen molar-refractivity contribution in [2.45, 2.75) is 65.3 Å². The van der Waals surface area contributed by atoms with E-state index in [4.69, 9.17) is 27.9 Å². The summed E-state index contributed by atoms with van der Waals surface area (Å²) in [4.78, 5) is 12.1. The number of carbonyl (C=O) groups is 1. The van der Waals surface area contributed by atoms with E-state index in [0.29, 0.717) is 41.4 Å². The van der Waals surface area contributed by atoms with Crippen molar-refractivity contribution < 1.29 is 37.8 Å². The van der Waals surface area contributed by atoms with E-state index in [-0.39, 0.29) is 25.6 Å². The number of esters is 1. The van der Waals surface area contributed by atoms with E-state index < -0.39 is 18.3 Å². The van der Waals surface area contributed by atoms with Gasteiger partial charge in [-0.2, -0.15) is 0 Å². The van der Waals surface area contributed by atoms with Gasteiger partial charge in [-0.3, -0.25) is 4.79 Å². The van der Waals surface area contributed by atoms with Crippen LogP contribution in [-0.2, 0) is 38.3 Å². The van der Waals surface area contributed by atoms with Gasteiger partial charge in [0, 0.05) is 28.9 Å². The number of aliphatic hydroxyl groups excluding tert-OH is 1. The molecule has 2 heterocycles. The molecule has 3 aromatic rings. The Morgan fingerprint density at radius 3 is 2.43 bits per heavy atom. The van der Waals surface area contributed by atoms with Gasteiger partial charge >= 0.3 is 13.1 Å². The smallest absolute Gasteiger partial charge is 0.497 e. The zero-order valence-corrected chi connectivity index (χ0v) is 22.4. The van der Waals surface area contributed by atoms with E-state index in [9.17, 15) is 9.90 Å². The van der Waals surface area contributed by atoms with Crippen LogP contribution in [0.25, 0.3) is 11.0 Å². The fraction of sp³-hybridized carbons (Fsp3) is 0.464. The monoisotopic (exact) mass is 510 g/mol. The van der Waals surface area contributed by atoms with Gasteiger partial charge in [0.05, 0.1) is 37.9 Å². The lowest BCUT2D eigenvalue weighted by Gasteiger charge is -2.32. The Morgan fingerprint density at radius 2 is 1.78 bits per heavy atom. The number of carbonyl (C=O) groups excluding carboxylic acids is 1. The second-order valence-electron chi connectivity index (χ2n) is 10.1. The summed E-state index contributed by atoms with van der Waals surface area (Å²) in [5, 5.41) is 10.3. The molecule has 8 nitrogen and oxygen atoms in total. The SMILES string of the molecule is CCOC(=O)Cc1ccc(OC)cc1OCc1cc(B2OC(C)(C)C(C)(C)O2)c2oc(CCO)cc2c1. The first kappa shape index (κ1) is 27.0. The van der Waals surface area contributed by atoms with Crippen molar-refractivity contribution in [1.29, 1.82) is 0 Å². The van der Waals surface area contributed by atoms with Gasteiger partial charge in [-0.05, 0) is 58.4 Å². The van der Waals surface area contributed by atoms with Crippen molar-refractivity contribution in [2.75, 3.05) is 20.3 Å². The summed E-state index contributed by atoms with van der Waals surface area (Å²) in [5.74, 6) is 1.52. The molecular formula is C28H35BO8. The Labute approximate surface area is 217 Å². The summed E-state index contributed by atoms with van der Waals surface area (Å²) in [6, 6.07) is 11.2. The van der Waals surface area contributed by atoms with Gasteiger partial charge in [0.1, 0.15) is 29.4 Å². The second-order valence-corrected chi connectivity index (χ2v) is 10.1. The molecule has 2 aromatic carbocycles. The normalized spacial score (nSPS) is 16.2. The molecule has 1 aromatic heterocycles. The predicted molar refractivity (Wildman–Crippen MR) is 140 cm³/mol. The zero-order chi connectivity index (χ0) is 26.8. The maximum Gasteiger partial charge on any atom is 0.498 e. The maximum absolute atomic E-state index is 12.1. The highest BCUT2D eigenvalue weighted by atomic mass is 16.7. The van der Waals surface area contributed by atoms with Crippen molar-refractivity contribution in [2.24, 2.45) is 0 Å². The topological polar surface area (TPSA) is 96.6 Å². The van der Waals surface area contributed by atoms with Crippen LogP contribution in [0.5, 0.6) is 11.5 Å². The molecule has 9 heteroatoms. The van der Waals surface area contributed by atoms with Crippen LogP contribution in [-0.4, -0.2) is 49.7 Å². The predicted octanol–water partition coefficient (Wildman–Crippen LogP) is 3.96. The largest absolute Gasteiger partial charge is 0.498 e. The third-order valence-electron chi connectivity index (χ3n) is 6.93. The van der Waals surface area contributed by atoms with E-state index in [1.54, 1.807) is 32.2 Å². The minimum Gasteiger partial charge on any atom is -0.497 e.